The molecular formula is C28H33N3O5S2. The number of carbonyl (C=O) groups excluding carboxylic acids is 1. The summed E-state index contributed by atoms with van der Waals surface area (Å²) in [6.45, 7) is 6.45. The van der Waals surface area contributed by atoms with Gasteiger partial charge in [0, 0.05) is 24.3 Å². The number of amides is 1. The van der Waals surface area contributed by atoms with E-state index in [1.165, 1.54) is 34.6 Å². The number of sulfonamides is 2. The Labute approximate surface area is 225 Å². The molecule has 1 aliphatic rings. The average molecular weight is 556 g/mol. The molecule has 3 aromatic carbocycles. The Hall–Kier alpha value is -3.21. The van der Waals surface area contributed by atoms with E-state index in [-0.39, 0.29) is 15.4 Å². The van der Waals surface area contributed by atoms with E-state index in [0.717, 1.165) is 36.8 Å². The molecule has 0 radical (unpaired) electrons. The summed E-state index contributed by atoms with van der Waals surface area (Å²) in [6, 6.07) is 15.9. The van der Waals surface area contributed by atoms with Gasteiger partial charge in [0.1, 0.15) is 0 Å². The van der Waals surface area contributed by atoms with Crippen LogP contribution in [0.3, 0.4) is 0 Å². The van der Waals surface area contributed by atoms with E-state index in [9.17, 15) is 21.6 Å². The van der Waals surface area contributed by atoms with E-state index in [1.54, 1.807) is 25.1 Å². The lowest BCUT2D eigenvalue weighted by Crippen LogP contribution is -2.31. The van der Waals surface area contributed by atoms with Gasteiger partial charge in [-0.1, -0.05) is 36.6 Å². The van der Waals surface area contributed by atoms with Crippen LogP contribution < -0.4 is 10.0 Å². The Kier molecular flexibility index (Phi) is 8.25. The van der Waals surface area contributed by atoms with Gasteiger partial charge in [-0.25, -0.2) is 16.8 Å². The van der Waals surface area contributed by atoms with Crippen LogP contribution in [-0.4, -0.2) is 40.1 Å². The average Bonchev–Trinajstić information content (AvgIpc) is 3.17. The lowest BCUT2D eigenvalue weighted by atomic mass is 10.1. The molecule has 10 heteroatoms. The van der Waals surface area contributed by atoms with E-state index in [1.807, 2.05) is 26.0 Å². The van der Waals surface area contributed by atoms with Crippen LogP contribution in [0.2, 0.25) is 0 Å². The van der Waals surface area contributed by atoms with Crippen molar-refractivity contribution in [2.75, 3.05) is 23.1 Å². The maximum atomic E-state index is 13.2. The molecule has 1 heterocycles. The second-order valence-electron chi connectivity index (χ2n) is 9.70. The lowest BCUT2D eigenvalue weighted by molar-refractivity contribution is 0.102. The molecule has 0 unspecified atom stereocenters. The highest BCUT2D eigenvalue weighted by molar-refractivity contribution is 7.92. The second-order valence-corrected chi connectivity index (χ2v) is 13.3. The van der Waals surface area contributed by atoms with Crippen LogP contribution in [0.5, 0.6) is 0 Å². The quantitative estimate of drug-likeness (QED) is 0.415. The predicted octanol–water partition coefficient (Wildman–Crippen LogP) is 5.23. The Morgan fingerprint density at radius 2 is 1.42 bits per heavy atom. The molecule has 1 aliphatic heterocycles. The molecular weight excluding hydrogens is 522 g/mol. The molecule has 0 bridgehead atoms. The Morgan fingerprint density at radius 1 is 0.763 bits per heavy atom. The maximum absolute atomic E-state index is 13.2. The number of nitrogens with one attached hydrogen (secondary N) is 2. The molecule has 1 amide bonds. The first-order chi connectivity index (χ1) is 18.0. The number of nitrogens with zero attached hydrogens (tertiary/aromatic N) is 1. The van der Waals surface area contributed by atoms with E-state index in [0.29, 0.717) is 30.0 Å². The van der Waals surface area contributed by atoms with Crippen LogP contribution in [0, 0.1) is 20.8 Å². The van der Waals surface area contributed by atoms with Gasteiger partial charge in [-0.05, 0) is 87.2 Å². The zero-order chi connectivity index (χ0) is 27.5. The highest BCUT2D eigenvalue weighted by atomic mass is 32.2. The van der Waals surface area contributed by atoms with Crippen molar-refractivity contribution in [1.29, 1.82) is 0 Å². The summed E-state index contributed by atoms with van der Waals surface area (Å²) < 4.78 is 56.5. The molecule has 3 aromatic rings. The molecule has 0 saturated carbocycles. The van der Waals surface area contributed by atoms with Gasteiger partial charge in [0.25, 0.3) is 15.9 Å². The predicted molar refractivity (Wildman–Crippen MR) is 150 cm³/mol. The van der Waals surface area contributed by atoms with Crippen molar-refractivity contribution in [1.82, 2.24) is 4.31 Å². The van der Waals surface area contributed by atoms with E-state index >= 15 is 0 Å². The first-order valence-electron chi connectivity index (χ1n) is 12.6. The summed E-state index contributed by atoms with van der Waals surface area (Å²) in [7, 11) is -7.54. The van der Waals surface area contributed by atoms with Gasteiger partial charge < -0.3 is 5.32 Å². The fraction of sp³-hybridized carbons (Fsp3) is 0.321. The minimum atomic E-state index is -3.94. The standard InChI is InChI=1S/C28H33N3O5S2/c1-20-8-15-26(22(3)18-20)30-37(33,34)27-19-23(10-9-21(27)2)28(32)29-24-11-13-25(14-12-24)38(35,36)31-16-6-4-5-7-17-31/h8-15,18-19,30H,4-7,16-17H2,1-3H3,(H,29,32). The molecule has 0 spiro atoms. The largest absolute Gasteiger partial charge is 0.322 e. The number of hydrogen-bond acceptors (Lipinski definition) is 5. The minimum Gasteiger partial charge on any atom is -0.322 e. The van der Waals surface area contributed by atoms with Crippen molar-refractivity contribution < 1.29 is 21.6 Å². The number of anilines is 2. The van der Waals surface area contributed by atoms with Gasteiger partial charge in [0.15, 0.2) is 0 Å². The molecule has 0 aromatic heterocycles. The van der Waals surface area contributed by atoms with Crippen molar-refractivity contribution in [3.8, 4) is 0 Å². The van der Waals surface area contributed by atoms with E-state index < -0.39 is 26.0 Å². The number of carbonyl (C=O) groups is 1. The summed E-state index contributed by atoms with van der Waals surface area (Å²) in [5.41, 5.74) is 3.36. The fourth-order valence-electron chi connectivity index (χ4n) is 4.50. The van der Waals surface area contributed by atoms with Crippen molar-refractivity contribution in [3.05, 3.63) is 82.9 Å². The molecule has 0 atom stereocenters. The van der Waals surface area contributed by atoms with Crippen LogP contribution in [0.1, 0.15) is 52.7 Å². The highest BCUT2D eigenvalue weighted by Gasteiger charge is 2.25. The highest BCUT2D eigenvalue weighted by Crippen LogP contribution is 2.25. The molecule has 38 heavy (non-hydrogen) atoms. The van der Waals surface area contributed by atoms with Crippen molar-refractivity contribution >= 4 is 37.3 Å². The SMILES string of the molecule is Cc1ccc(NS(=O)(=O)c2cc(C(=O)Nc3ccc(S(=O)(=O)N4CCCCCC4)cc3)ccc2C)c(C)c1. The van der Waals surface area contributed by atoms with Gasteiger partial charge in [-0.2, -0.15) is 4.31 Å². The molecule has 1 fully saturated rings. The van der Waals surface area contributed by atoms with Crippen molar-refractivity contribution in [3.63, 3.8) is 0 Å². The number of hydrogen-bond donors (Lipinski definition) is 2. The summed E-state index contributed by atoms with van der Waals surface area (Å²) in [4.78, 5) is 13.2. The normalized spacial score (nSPS) is 15.0. The van der Waals surface area contributed by atoms with Gasteiger partial charge in [0.2, 0.25) is 10.0 Å². The molecule has 1 saturated heterocycles. The number of rotatable bonds is 7. The first kappa shape index (κ1) is 27.8. The third kappa shape index (κ3) is 6.25. The number of benzene rings is 3. The third-order valence-corrected chi connectivity index (χ3v) is 10.1. The van der Waals surface area contributed by atoms with Crippen molar-refractivity contribution in [2.45, 2.75) is 56.2 Å². The van der Waals surface area contributed by atoms with Crippen molar-refractivity contribution in [2.24, 2.45) is 0 Å². The van der Waals surface area contributed by atoms with Crippen LogP contribution in [0.4, 0.5) is 11.4 Å². The van der Waals surface area contributed by atoms with Gasteiger partial charge in [-0.15, -0.1) is 0 Å². The van der Waals surface area contributed by atoms with E-state index in [4.69, 9.17) is 0 Å². The molecule has 202 valence electrons. The molecule has 4 rings (SSSR count). The molecule has 2 N–H and O–H groups in total. The minimum absolute atomic E-state index is 0.00372. The topological polar surface area (TPSA) is 113 Å². The third-order valence-electron chi connectivity index (χ3n) is 6.68. The van der Waals surface area contributed by atoms with Crippen LogP contribution in [0.25, 0.3) is 0 Å². The zero-order valence-electron chi connectivity index (χ0n) is 21.8. The van der Waals surface area contributed by atoms with Gasteiger partial charge >= 0.3 is 0 Å². The zero-order valence-corrected chi connectivity index (χ0v) is 23.5. The number of aryl methyl sites for hydroxylation is 3. The van der Waals surface area contributed by atoms with E-state index in [2.05, 4.69) is 10.0 Å². The summed E-state index contributed by atoms with van der Waals surface area (Å²) in [5.74, 6) is -0.504. The van der Waals surface area contributed by atoms with Gasteiger partial charge in [0.05, 0.1) is 15.5 Å². The summed E-state index contributed by atoms with van der Waals surface area (Å²) in [5, 5.41) is 2.73. The van der Waals surface area contributed by atoms with Crippen LogP contribution in [-0.2, 0) is 20.0 Å². The van der Waals surface area contributed by atoms with Crippen LogP contribution in [0.15, 0.2) is 70.5 Å². The van der Waals surface area contributed by atoms with Crippen LogP contribution >= 0.6 is 0 Å². The Bertz CT molecular complexity index is 1540. The summed E-state index contributed by atoms with van der Waals surface area (Å²) >= 11 is 0. The lowest BCUT2D eigenvalue weighted by Gasteiger charge is -2.20. The monoisotopic (exact) mass is 555 g/mol. The first-order valence-corrected chi connectivity index (χ1v) is 15.5. The Morgan fingerprint density at radius 3 is 2.05 bits per heavy atom. The summed E-state index contributed by atoms with van der Waals surface area (Å²) in [6.07, 6.45) is 3.75. The second kappa shape index (κ2) is 11.3. The molecule has 8 nitrogen and oxygen atoms in total. The maximum Gasteiger partial charge on any atom is 0.262 e. The Balaban J connectivity index is 1.51. The fourth-order valence-corrected chi connectivity index (χ4v) is 7.42. The van der Waals surface area contributed by atoms with Gasteiger partial charge in [-0.3, -0.25) is 9.52 Å². The smallest absolute Gasteiger partial charge is 0.262 e. The molecule has 0 aliphatic carbocycles.